The Morgan fingerprint density at radius 2 is 2.18 bits per heavy atom. The van der Waals surface area contributed by atoms with Crippen LogP contribution in [0.25, 0.3) is 0 Å². The molecular formula is C11H7N3O2S. The lowest BCUT2D eigenvalue weighted by Crippen LogP contribution is -1.94. The average Bonchev–Trinajstić information content (AvgIpc) is 2.81. The smallest absolute Gasteiger partial charge is 0.287 e. The fourth-order valence-corrected chi connectivity index (χ4v) is 1.95. The van der Waals surface area contributed by atoms with Crippen LogP contribution < -0.4 is 5.32 Å². The predicted octanol–water partition coefficient (Wildman–Crippen LogP) is 3.27. The molecular weight excluding hydrogens is 238 g/mol. The van der Waals surface area contributed by atoms with Gasteiger partial charge in [0.15, 0.2) is 0 Å². The Balaban J connectivity index is 2.33. The molecule has 0 saturated carbocycles. The molecule has 0 aliphatic carbocycles. The Morgan fingerprint density at radius 3 is 2.76 bits per heavy atom. The number of nitro benzene ring substituents is 1. The van der Waals surface area contributed by atoms with E-state index in [2.05, 4.69) is 5.32 Å². The minimum atomic E-state index is -0.563. The van der Waals surface area contributed by atoms with E-state index < -0.39 is 4.92 Å². The van der Waals surface area contributed by atoms with Crippen molar-refractivity contribution in [2.24, 2.45) is 0 Å². The van der Waals surface area contributed by atoms with Crippen molar-refractivity contribution in [3.05, 3.63) is 50.7 Å². The van der Waals surface area contributed by atoms with E-state index in [1.165, 1.54) is 12.1 Å². The zero-order valence-corrected chi connectivity index (χ0v) is 9.40. The predicted molar refractivity (Wildman–Crippen MR) is 65.4 cm³/mol. The Bertz CT molecular complexity index is 587. The van der Waals surface area contributed by atoms with E-state index in [1.54, 1.807) is 17.4 Å². The molecule has 0 radical (unpaired) electrons. The van der Waals surface area contributed by atoms with Gasteiger partial charge in [0.05, 0.1) is 4.92 Å². The summed E-state index contributed by atoms with van der Waals surface area (Å²) in [5.74, 6) is 0. The van der Waals surface area contributed by atoms with Crippen molar-refractivity contribution in [2.75, 3.05) is 5.32 Å². The van der Waals surface area contributed by atoms with Crippen LogP contribution >= 0.6 is 11.3 Å². The van der Waals surface area contributed by atoms with Crippen LogP contribution in [0.15, 0.2) is 35.0 Å². The van der Waals surface area contributed by atoms with Crippen molar-refractivity contribution in [1.82, 2.24) is 0 Å². The van der Waals surface area contributed by atoms with Gasteiger partial charge in [-0.25, -0.2) is 0 Å². The molecule has 2 rings (SSSR count). The highest BCUT2D eigenvalue weighted by molar-refractivity contribution is 7.08. The summed E-state index contributed by atoms with van der Waals surface area (Å²) < 4.78 is 0. The Morgan fingerprint density at radius 1 is 1.35 bits per heavy atom. The minimum absolute atomic E-state index is 0.0511. The highest BCUT2D eigenvalue weighted by atomic mass is 32.1. The first kappa shape index (κ1) is 11.1. The van der Waals surface area contributed by atoms with E-state index in [0.717, 1.165) is 5.69 Å². The molecule has 5 nitrogen and oxygen atoms in total. The molecule has 0 spiro atoms. The van der Waals surface area contributed by atoms with Crippen LogP contribution in [-0.4, -0.2) is 4.92 Å². The maximum atomic E-state index is 10.6. The van der Waals surface area contributed by atoms with Gasteiger partial charge in [-0.15, -0.1) is 0 Å². The third-order valence-corrected chi connectivity index (χ3v) is 2.81. The van der Waals surface area contributed by atoms with Gasteiger partial charge in [-0.2, -0.15) is 16.6 Å². The summed E-state index contributed by atoms with van der Waals surface area (Å²) in [5, 5.41) is 26.4. The number of nitrogens with one attached hydrogen (secondary N) is 1. The zero-order valence-electron chi connectivity index (χ0n) is 8.58. The molecule has 17 heavy (non-hydrogen) atoms. The van der Waals surface area contributed by atoms with Gasteiger partial charge >= 0.3 is 0 Å². The highest BCUT2D eigenvalue weighted by Crippen LogP contribution is 2.25. The van der Waals surface area contributed by atoms with Crippen LogP contribution in [0.2, 0.25) is 0 Å². The van der Waals surface area contributed by atoms with Gasteiger partial charge in [0, 0.05) is 22.8 Å². The third kappa shape index (κ3) is 2.41. The van der Waals surface area contributed by atoms with Crippen LogP contribution in [0.3, 0.4) is 0 Å². The quantitative estimate of drug-likeness (QED) is 0.664. The minimum Gasteiger partial charge on any atom is -0.355 e. The Labute approximate surface area is 101 Å². The molecule has 1 heterocycles. The number of rotatable bonds is 3. The molecule has 0 atom stereocenters. The van der Waals surface area contributed by atoms with E-state index in [4.69, 9.17) is 5.26 Å². The number of thiophene rings is 1. The number of nitrogens with zero attached hydrogens (tertiary/aromatic N) is 2. The fourth-order valence-electron chi connectivity index (χ4n) is 1.36. The molecule has 84 valence electrons. The van der Waals surface area contributed by atoms with Crippen molar-refractivity contribution >= 4 is 28.4 Å². The van der Waals surface area contributed by atoms with E-state index in [-0.39, 0.29) is 11.3 Å². The first-order valence-corrected chi connectivity index (χ1v) is 5.63. The van der Waals surface area contributed by atoms with E-state index in [9.17, 15) is 10.1 Å². The summed E-state index contributed by atoms with van der Waals surface area (Å²) in [5.41, 5.74) is 1.43. The molecule has 2 aromatic rings. The molecule has 0 amide bonds. The molecule has 0 unspecified atom stereocenters. The van der Waals surface area contributed by atoms with Crippen LogP contribution in [0, 0.1) is 21.4 Å². The lowest BCUT2D eigenvalue weighted by molar-refractivity contribution is -0.385. The molecule has 0 aliphatic rings. The molecule has 1 aromatic heterocycles. The van der Waals surface area contributed by atoms with Gasteiger partial charge in [0.25, 0.3) is 5.69 Å². The SMILES string of the molecule is N#Cc1cc(Nc2ccsc2)ccc1[N+](=O)[O-]. The van der Waals surface area contributed by atoms with E-state index in [0.29, 0.717) is 5.69 Å². The number of anilines is 2. The Kier molecular flexibility index (Phi) is 3.03. The fraction of sp³-hybridized carbons (Fsp3) is 0. The number of nitro groups is 1. The lowest BCUT2D eigenvalue weighted by atomic mass is 10.1. The normalized spacial score (nSPS) is 9.59. The van der Waals surface area contributed by atoms with E-state index in [1.807, 2.05) is 22.9 Å². The summed E-state index contributed by atoms with van der Waals surface area (Å²) in [6.45, 7) is 0. The standard InChI is InChI=1S/C11H7N3O2S/c12-6-8-5-9(1-2-11(8)14(15)16)13-10-3-4-17-7-10/h1-5,7,13H. The van der Waals surface area contributed by atoms with Crippen LogP contribution in [-0.2, 0) is 0 Å². The van der Waals surface area contributed by atoms with Crippen molar-refractivity contribution in [3.8, 4) is 6.07 Å². The van der Waals surface area contributed by atoms with Gasteiger partial charge in [0.2, 0.25) is 0 Å². The monoisotopic (exact) mass is 245 g/mol. The second-order valence-electron chi connectivity index (χ2n) is 3.24. The molecule has 1 aromatic carbocycles. The summed E-state index contributed by atoms with van der Waals surface area (Å²) in [6.07, 6.45) is 0. The van der Waals surface area contributed by atoms with Crippen molar-refractivity contribution < 1.29 is 4.92 Å². The van der Waals surface area contributed by atoms with Crippen molar-refractivity contribution in [2.45, 2.75) is 0 Å². The van der Waals surface area contributed by atoms with E-state index >= 15 is 0 Å². The Hall–Kier alpha value is -2.39. The summed E-state index contributed by atoms with van der Waals surface area (Å²) in [6, 6.07) is 8.08. The number of benzene rings is 1. The molecule has 0 bridgehead atoms. The average molecular weight is 245 g/mol. The first-order chi connectivity index (χ1) is 8.20. The first-order valence-electron chi connectivity index (χ1n) is 4.68. The van der Waals surface area contributed by atoms with Gasteiger partial charge < -0.3 is 5.32 Å². The van der Waals surface area contributed by atoms with Crippen LogP contribution in [0.5, 0.6) is 0 Å². The third-order valence-electron chi connectivity index (χ3n) is 2.12. The molecule has 0 saturated heterocycles. The van der Waals surface area contributed by atoms with Gasteiger partial charge in [-0.05, 0) is 23.6 Å². The van der Waals surface area contributed by atoms with Gasteiger partial charge in [0.1, 0.15) is 11.6 Å². The molecule has 6 heteroatoms. The summed E-state index contributed by atoms with van der Waals surface area (Å²) in [7, 11) is 0. The van der Waals surface area contributed by atoms with Crippen LogP contribution in [0.1, 0.15) is 5.56 Å². The van der Waals surface area contributed by atoms with Gasteiger partial charge in [-0.1, -0.05) is 0 Å². The second kappa shape index (κ2) is 4.63. The van der Waals surface area contributed by atoms with Gasteiger partial charge in [-0.3, -0.25) is 10.1 Å². The van der Waals surface area contributed by atoms with Crippen molar-refractivity contribution in [1.29, 1.82) is 5.26 Å². The molecule has 0 aliphatic heterocycles. The second-order valence-corrected chi connectivity index (χ2v) is 4.02. The van der Waals surface area contributed by atoms with Crippen LogP contribution in [0.4, 0.5) is 17.1 Å². The zero-order chi connectivity index (χ0) is 12.3. The molecule has 1 N–H and O–H groups in total. The lowest BCUT2D eigenvalue weighted by Gasteiger charge is -2.04. The highest BCUT2D eigenvalue weighted by Gasteiger charge is 2.13. The maximum absolute atomic E-state index is 10.6. The number of hydrogen-bond donors (Lipinski definition) is 1. The number of nitriles is 1. The molecule has 0 fully saturated rings. The van der Waals surface area contributed by atoms with Crippen molar-refractivity contribution in [3.63, 3.8) is 0 Å². The number of hydrogen-bond acceptors (Lipinski definition) is 5. The summed E-state index contributed by atoms with van der Waals surface area (Å²) >= 11 is 1.54. The largest absolute Gasteiger partial charge is 0.355 e. The summed E-state index contributed by atoms with van der Waals surface area (Å²) in [4.78, 5) is 10.1. The maximum Gasteiger partial charge on any atom is 0.287 e. The topological polar surface area (TPSA) is 79.0 Å².